The Morgan fingerprint density at radius 2 is 1.87 bits per heavy atom. The second kappa shape index (κ2) is 8.22. The Kier molecular flexibility index (Phi) is 6.56. The summed E-state index contributed by atoms with van der Waals surface area (Å²) in [6.07, 6.45) is 0.563. The fraction of sp³-hybridized carbons (Fsp3) is 0.938. The van der Waals surface area contributed by atoms with Crippen LogP contribution >= 0.6 is 0 Å². The van der Waals surface area contributed by atoms with Gasteiger partial charge in [0.15, 0.2) is 0 Å². The number of piperidine rings is 2. The summed E-state index contributed by atoms with van der Waals surface area (Å²) in [6.45, 7) is 4.63. The third-order valence-corrected chi connectivity index (χ3v) is 4.88. The molecule has 2 rings (SSSR count). The molecule has 0 bridgehead atoms. The Morgan fingerprint density at radius 3 is 2.48 bits per heavy atom. The highest BCUT2D eigenvalue weighted by Gasteiger charge is 2.32. The summed E-state index contributed by atoms with van der Waals surface area (Å²) in [4.78, 5) is 15.4. The van der Waals surface area contributed by atoms with Crippen molar-refractivity contribution >= 4 is 6.03 Å². The van der Waals surface area contributed by atoms with Gasteiger partial charge in [0, 0.05) is 19.6 Å². The number of nitrogens with one attached hydrogen (secondary N) is 1. The number of carbonyl (C=O) groups is 1. The molecule has 0 saturated carbocycles. The van der Waals surface area contributed by atoms with E-state index in [0.29, 0.717) is 31.5 Å². The van der Waals surface area contributed by atoms with Crippen LogP contribution in [0.4, 0.5) is 18.0 Å². The van der Waals surface area contributed by atoms with Crippen molar-refractivity contribution in [3.63, 3.8) is 0 Å². The van der Waals surface area contributed by atoms with Crippen molar-refractivity contribution in [2.75, 3.05) is 39.3 Å². The van der Waals surface area contributed by atoms with Gasteiger partial charge in [-0.25, -0.2) is 4.79 Å². The molecule has 2 heterocycles. The summed E-state index contributed by atoms with van der Waals surface area (Å²) in [5.74, 6) is 0.979. The highest BCUT2D eigenvalue weighted by molar-refractivity contribution is 5.74. The quantitative estimate of drug-likeness (QED) is 0.857. The Balaban J connectivity index is 1.59. The summed E-state index contributed by atoms with van der Waals surface area (Å²) in [7, 11) is 0. The van der Waals surface area contributed by atoms with Crippen LogP contribution in [-0.2, 0) is 0 Å². The summed E-state index contributed by atoms with van der Waals surface area (Å²) >= 11 is 0. The van der Waals surface area contributed by atoms with Gasteiger partial charge in [0.05, 0.1) is 6.54 Å². The van der Waals surface area contributed by atoms with Crippen LogP contribution in [0.25, 0.3) is 0 Å². The lowest BCUT2D eigenvalue weighted by molar-refractivity contribution is -0.148. The van der Waals surface area contributed by atoms with Crippen LogP contribution in [0.1, 0.15) is 39.0 Å². The number of hydrogen-bond donors (Lipinski definition) is 1. The van der Waals surface area contributed by atoms with Crippen LogP contribution in [0.2, 0.25) is 0 Å². The second-order valence-electron chi connectivity index (χ2n) is 7.05. The number of alkyl halides is 3. The fourth-order valence-corrected chi connectivity index (χ4v) is 3.56. The molecular weight excluding hydrogens is 307 g/mol. The monoisotopic (exact) mass is 335 g/mol. The second-order valence-corrected chi connectivity index (χ2v) is 7.05. The van der Waals surface area contributed by atoms with Crippen molar-refractivity contribution < 1.29 is 18.0 Å². The fourth-order valence-electron chi connectivity index (χ4n) is 3.56. The lowest BCUT2D eigenvalue weighted by Crippen LogP contribution is -2.45. The van der Waals surface area contributed by atoms with E-state index >= 15 is 0 Å². The van der Waals surface area contributed by atoms with Crippen molar-refractivity contribution in [1.29, 1.82) is 0 Å². The number of halogens is 3. The van der Waals surface area contributed by atoms with Crippen molar-refractivity contribution in [1.82, 2.24) is 15.1 Å². The Morgan fingerprint density at radius 1 is 1.17 bits per heavy atom. The van der Waals surface area contributed by atoms with Gasteiger partial charge >= 0.3 is 12.2 Å². The van der Waals surface area contributed by atoms with Crippen molar-refractivity contribution in [3.05, 3.63) is 0 Å². The third-order valence-electron chi connectivity index (χ3n) is 4.88. The molecule has 0 aromatic heterocycles. The molecule has 1 N–H and O–H groups in total. The molecule has 134 valence electrons. The van der Waals surface area contributed by atoms with Gasteiger partial charge in [-0.05, 0) is 57.0 Å². The van der Waals surface area contributed by atoms with E-state index in [1.807, 2.05) is 4.90 Å². The molecule has 0 radical (unpaired) electrons. The highest BCUT2D eigenvalue weighted by Crippen LogP contribution is 2.24. The minimum atomic E-state index is -4.10. The van der Waals surface area contributed by atoms with Gasteiger partial charge in [-0.15, -0.1) is 0 Å². The molecule has 0 spiro atoms. The number of nitrogens with zero attached hydrogens (tertiary/aromatic N) is 2. The van der Waals surface area contributed by atoms with E-state index in [0.717, 1.165) is 38.8 Å². The van der Waals surface area contributed by atoms with Crippen LogP contribution in [0, 0.1) is 11.8 Å². The van der Waals surface area contributed by atoms with Gasteiger partial charge < -0.3 is 10.2 Å². The highest BCUT2D eigenvalue weighted by atomic mass is 19.4. The molecule has 23 heavy (non-hydrogen) atoms. The maximum absolute atomic E-state index is 12.3. The number of amides is 2. The van der Waals surface area contributed by atoms with E-state index in [1.54, 1.807) is 0 Å². The minimum absolute atomic E-state index is 0.00561. The van der Waals surface area contributed by atoms with Gasteiger partial charge in [0.25, 0.3) is 0 Å². The largest absolute Gasteiger partial charge is 0.401 e. The molecule has 4 nitrogen and oxygen atoms in total. The maximum atomic E-state index is 12.3. The SMILES string of the molecule is C[C@@H]1CCCN(C(=O)NCCC2CCN(CC(F)(F)F)CC2)C1. The first-order valence-corrected chi connectivity index (χ1v) is 8.65. The Labute approximate surface area is 136 Å². The molecule has 0 aromatic carbocycles. The standard InChI is InChI=1S/C16H28F3N3O/c1-13-3-2-8-22(11-13)15(23)20-7-4-14-5-9-21(10-6-14)12-16(17,18)19/h13-14H,2-12H2,1H3,(H,20,23)/t13-/m1/s1. The topological polar surface area (TPSA) is 35.6 Å². The van der Waals surface area contributed by atoms with Crippen molar-refractivity contribution in [2.45, 2.75) is 45.2 Å². The van der Waals surface area contributed by atoms with Crippen molar-refractivity contribution in [3.8, 4) is 0 Å². The van der Waals surface area contributed by atoms with Crippen LogP contribution in [0.5, 0.6) is 0 Å². The molecule has 0 aliphatic carbocycles. The van der Waals surface area contributed by atoms with Crippen LogP contribution in [0.3, 0.4) is 0 Å². The first kappa shape index (κ1) is 18.4. The molecule has 7 heteroatoms. The average Bonchev–Trinajstić information content (AvgIpc) is 2.47. The Hall–Kier alpha value is -0.980. The first-order valence-electron chi connectivity index (χ1n) is 8.65. The zero-order valence-corrected chi connectivity index (χ0v) is 13.9. The number of rotatable bonds is 4. The van der Waals surface area contributed by atoms with E-state index in [4.69, 9.17) is 0 Å². The van der Waals surface area contributed by atoms with Crippen molar-refractivity contribution in [2.24, 2.45) is 11.8 Å². The lowest BCUT2D eigenvalue weighted by atomic mass is 9.93. The van der Waals surface area contributed by atoms with Crippen LogP contribution in [-0.4, -0.2) is 61.3 Å². The van der Waals surface area contributed by atoms with Gasteiger partial charge in [-0.2, -0.15) is 13.2 Å². The summed E-state index contributed by atoms with van der Waals surface area (Å²) in [6, 6.07) is 0.00561. The normalized spacial score (nSPS) is 24.7. The summed E-state index contributed by atoms with van der Waals surface area (Å²) in [5, 5.41) is 2.96. The first-order chi connectivity index (χ1) is 10.8. The minimum Gasteiger partial charge on any atom is -0.338 e. The van der Waals surface area contributed by atoms with E-state index in [1.165, 1.54) is 11.3 Å². The van der Waals surface area contributed by atoms with Gasteiger partial charge in [0.2, 0.25) is 0 Å². The third kappa shape index (κ3) is 6.57. The zero-order chi connectivity index (χ0) is 16.9. The van der Waals surface area contributed by atoms with E-state index in [-0.39, 0.29) is 6.03 Å². The molecule has 2 saturated heterocycles. The van der Waals surface area contributed by atoms with Gasteiger partial charge in [-0.1, -0.05) is 6.92 Å². The summed E-state index contributed by atoms with van der Waals surface area (Å²) < 4.78 is 37.0. The molecule has 2 fully saturated rings. The predicted octanol–water partition coefficient (Wildman–Crippen LogP) is 3.09. The van der Waals surface area contributed by atoms with E-state index < -0.39 is 12.7 Å². The van der Waals surface area contributed by atoms with Gasteiger partial charge in [0.1, 0.15) is 0 Å². The van der Waals surface area contributed by atoms with Crippen LogP contribution < -0.4 is 5.32 Å². The van der Waals surface area contributed by atoms with E-state index in [9.17, 15) is 18.0 Å². The van der Waals surface area contributed by atoms with E-state index in [2.05, 4.69) is 12.2 Å². The molecule has 2 aliphatic heterocycles. The average molecular weight is 335 g/mol. The molecule has 0 unspecified atom stereocenters. The number of carbonyl (C=O) groups excluding carboxylic acids is 1. The van der Waals surface area contributed by atoms with Gasteiger partial charge in [-0.3, -0.25) is 4.90 Å². The molecular formula is C16H28F3N3O. The molecule has 2 aliphatic rings. The molecule has 0 aromatic rings. The number of hydrogen-bond acceptors (Lipinski definition) is 2. The number of urea groups is 1. The van der Waals surface area contributed by atoms with Crippen LogP contribution in [0.15, 0.2) is 0 Å². The Bertz CT molecular complexity index is 381. The lowest BCUT2D eigenvalue weighted by Gasteiger charge is -2.33. The molecule has 1 atom stereocenters. The maximum Gasteiger partial charge on any atom is 0.401 e. The summed E-state index contributed by atoms with van der Waals surface area (Å²) in [5.41, 5.74) is 0. The smallest absolute Gasteiger partial charge is 0.338 e. The predicted molar refractivity (Wildman–Crippen MR) is 83.2 cm³/mol. The number of likely N-dealkylation sites (tertiary alicyclic amines) is 2. The molecule has 2 amide bonds. The zero-order valence-electron chi connectivity index (χ0n) is 13.9.